The predicted octanol–water partition coefficient (Wildman–Crippen LogP) is 1.17. The second-order valence-corrected chi connectivity index (χ2v) is 5.98. The van der Waals surface area contributed by atoms with Crippen molar-refractivity contribution in [2.24, 2.45) is 5.73 Å². The normalized spacial score (nSPS) is 12.3. The summed E-state index contributed by atoms with van der Waals surface area (Å²) in [5.74, 6) is -0.316. The quantitative estimate of drug-likeness (QED) is 0.849. The van der Waals surface area contributed by atoms with Crippen LogP contribution in [0, 0.1) is 0 Å². The van der Waals surface area contributed by atoms with Crippen LogP contribution in [-0.2, 0) is 22.3 Å². The van der Waals surface area contributed by atoms with Gasteiger partial charge in [0.15, 0.2) is 0 Å². The van der Waals surface area contributed by atoms with Crippen LogP contribution in [0.5, 0.6) is 0 Å². The number of sulfonamides is 1. The molecule has 0 atom stereocenters. The van der Waals surface area contributed by atoms with Crippen LogP contribution in [0.2, 0.25) is 0 Å². The van der Waals surface area contributed by atoms with Crippen LogP contribution in [0.4, 0.5) is 8.78 Å². The molecule has 18 heavy (non-hydrogen) atoms. The lowest BCUT2D eigenvalue weighted by atomic mass is 10.1. The lowest BCUT2D eigenvalue weighted by Crippen LogP contribution is -2.32. The van der Waals surface area contributed by atoms with Crippen molar-refractivity contribution in [3.8, 4) is 0 Å². The van der Waals surface area contributed by atoms with Crippen molar-refractivity contribution in [1.82, 2.24) is 4.31 Å². The second-order valence-electron chi connectivity index (χ2n) is 3.90. The van der Waals surface area contributed by atoms with Gasteiger partial charge < -0.3 is 5.73 Å². The molecule has 0 heterocycles. The Balaban J connectivity index is 2.88. The number of alkyl halides is 2. The lowest BCUT2D eigenvalue weighted by molar-refractivity contribution is 0.126. The van der Waals surface area contributed by atoms with Gasteiger partial charge in [0, 0.05) is 13.6 Å². The highest BCUT2D eigenvalue weighted by atomic mass is 32.2. The summed E-state index contributed by atoms with van der Waals surface area (Å²) < 4.78 is 48.7. The highest BCUT2D eigenvalue weighted by Gasteiger charge is 2.22. The van der Waals surface area contributed by atoms with Gasteiger partial charge in [-0.2, -0.15) is 4.31 Å². The molecule has 0 saturated heterocycles. The minimum absolute atomic E-state index is 0.213. The van der Waals surface area contributed by atoms with Gasteiger partial charge >= 0.3 is 0 Å². The summed E-state index contributed by atoms with van der Waals surface area (Å²) in [6.45, 7) is -0.586. The monoisotopic (exact) mass is 278 g/mol. The number of hydrogen-bond donors (Lipinski definition) is 1. The summed E-state index contributed by atoms with van der Waals surface area (Å²) in [5, 5.41) is 0. The smallest absolute Gasteiger partial charge is 0.252 e. The van der Waals surface area contributed by atoms with E-state index in [1.807, 2.05) is 0 Å². The molecule has 0 aliphatic rings. The van der Waals surface area contributed by atoms with Gasteiger partial charge in [-0.05, 0) is 11.1 Å². The minimum Gasteiger partial charge on any atom is -0.326 e. The summed E-state index contributed by atoms with van der Waals surface area (Å²) in [6, 6.07) is 6.80. The molecule has 4 nitrogen and oxygen atoms in total. The Labute approximate surface area is 105 Å². The molecule has 1 aromatic carbocycles. The molecule has 7 heteroatoms. The standard InChI is InChI=1S/C11H16F2N2O2S/c1-15(7-11(12)13)18(16,17)8-10-5-3-2-4-9(10)6-14/h2-5,11H,6-8,14H2,1H3. The topological polar surface area (TPSA) is 63.4 Å². The highest BCUT2D eigenvalue weighted by Crippen LogP contribution is 2.15. The van der Waals surface area contributed by atoms with Crippen molar-refractivity contribution in [2.45, 2.75) is 18.7 Å². The fourth-order valence-corrected chi connectivity index (χ4v) is 2.75. The van der Waals surface area contributed by atoms with E-state index in [9.17, 15) is 17.2 Å². The van der Waals surface area contributed by atoms with Crippen LogP contribution in [0.15, 0.2) is 24.3 Å². The van der Waals surface area contributed by atoms with Gasteiger partial charge in [0.05, 0.1) is 12.3 Å². The van der Waals surface area contributed by atoms with Crippen molar-refractivity contribution in [2.75, 3.05) is 13.6 Å². The van der Waals surface area contributed by atoms with Crippen LogP contribution in [0.3, 0.4) is 0 Å². The molecule has 0 aromatic heterocycles. The summed E-state index contributed by atoms with van der Waals surface area (Å²) >= 11 is 0. The second kappa shape index (κ2) is 6.21. The molecule has 1 aromatic rings. The molecule has 0 aliphatic carbocycles. The zero-order chi connectivity index (χ0) is 13.8. The van der Waals surface area contributed by atoms with E-state index in [-0.39, 0.29) is 12.3 Å². The summed E-state index contributed by atoms with van der Waals surface area (Å²) in [5.41, 5.74) is 6.74. The van der Waals surface area contributed by atoms with Crippen molar-refractivity contribution >= 4 is 10.0 Å². The number of benzene rings is 1. The molecule has 0 radical (unpaired) electrons. The van der Waals surface area contributed by atoms with Crippen molar-refractivity contribution in [3.05, 3.63) is 35.4 Å². The summed E-state index contributed by atoms with van der Waals surface area (Å²) in [4.78, 5) is 0. The van der Waals surface area contributed by atoms with Gasteiger partial charge in [0.25, 0.3) is 6.43 Å². The van der Waals surface area contributed by atoms with Gasteiger partial charge in [-0.1, -0.05) is 24.3 Å². The molecule has 0 spiro atoms. The number of nitrogens with two attached hydrogens (primary N) is 1. The molecular weight excluding hydrogens is 262 g/mol. The Morgan fingerprint density at radius 1 is 1.28 bits per heavy atom. The molecule has 0 fully saturated rings. The Morgan fingerprint density at radius 2 is 1.83 bits per heavy atom. The minimum atomic E-state index is -3.74. The maximum atomic E-state index is 12.2. The third-order valence-electron chi connectivity index (χ3n) is 2.55. The molecular formula is C11H16F2N2O2S. The molecule has 0 amide bonds. The van der Waals surface area contributed by atoms with E-state index in [0.29, 0.717) is 15.4 Å². The third-order valence-corrected chi connectivity index (χ3v) is 4.32. The number of hydrogen-bond acceptors (Lipinski definition) is 3. The summed E-state index contributed by atoms with van der Waals surface area (Å²) in [7, 11) is -2.60. The first-order valence-corrected chi connectivity index (χ1v) is 6.96. The Hall–Kier alpha value is -1.05. The molecule has 0 bridgehead atoms. The summed E-state index contributed by atoms with van der Waals surface area (Å²) in [6.07, 6.45) is -2.69. The molecule has 0 saturated carbocycles. The molecule has 0 unspecified atom stereocenters. The van der Waals surface area contributed by atoms with Crippen LogP contribution in [0.1, 0.15) is 11.1 Å². The van der Waals surface area contributed by atoms with Crippen molar-refractivity contribution < 1.29 is 17.2 Å². The van der Waals surface area contributed by atoms with E-state index in [1.165, 1.54) is 0 Å². The van der Waals surface area contributed by atoms with E-state index >= 15 is 0 Å². The fourth-order valence-electron chi connectivity index (χ4n) is 1.51. The lowest BCUT2D eigenvalue weighted by Gasteiger charge is -2.17. The van der Waals surface area contributed by atoms with Gasteiger partial charge in [0.2, 0.25) is 10.0 Å². The third kappa shape index (κ3) is 4.01. The van der Waals surface area contributed by atoms with E-state index in [0.717, 1.165) is 7.05 Å². The zero-order valence-corrected chi connectivity index (χ0v) is 10.8. The first-order valence-electron chi connectivity index (χ1n) is 5.36. The Kier molecular flexibility index (Phi) is 5.18. The van der Waals surface area contributed by atoms with Crippen molar-refractivity contribution in [3.63, 3.8) is 0 Å². The van der Waals surface area contributed by atoms with E-state index < -0.39 is 23.0 Å². The highest BCUT2D eigenvalue weighted by molar-refractivity contribution is 7.88. The average Bonchev–Trinajstić information content (AvgIpc) is 2.28. The largest absolute Gasteiger partial charge is 0.326 e. The number of halogens is 2. The maximum absolute atomic E-state index is 12.2. The first-order chi connectivity index (χ1) is 8.36. The van der Waals surface area contributed by atoms with Crippen LogP contribution in [-0.4, -0.2) is 32.7 Å². The molecule has 0 aliphatic heterocycles. The van der Waals surface area contributed by atoms with E-state index in [4.69, 9.17) is 5.73 Å². The Morgan fingerprint density at radius 3 is 2.33 bits per heavy atom. The van der Waals surface area contributed by atoms with Gasteiger partial charge in [-0.15, -0.1) is 0 Å². The Bertz CT molecular complexity index is 492. The SMILES string of the molecule is CN(CC(F)F)S(=O)(=O)Cc1ccccc1CN. The van der Waals surface area contributed by atoms with Gasteiger partial charge in [-0.3, -0.25) is 0 Å². The van der Waals surface area contributed by atoms with Crippen LogP contribution >= 0.6 is 0 Å². The van der Waals surface area contributed by atoms with E-state index in [1.54, 1.807) is 24.3 Å². The number of nitrogens with zero attached hydrogens (tertiary/aromatic N) is 1. The fraction of sp³-hybridized carbons (Fsp3) is 0.455. The van der Waals surface area contributed by atoms with Gasteiger partial charge in [-0.25, -0.2) is 17.2 Å². The van der Waals surface area contributed by atoms with Crippen molar-refractivity contribution in [1.29, 1.82) is 0 Å². The average molecular weight is 278 g/mol. The number of rotatable bonds is 6. The van der Waals surface area contributed by atoms with Gasteiger partial charge in [0.1, 0.15) is 0 Å². The molecule has 2 N–H and O–H groups in total. The zero-order valence-electron chi connectivity index (χ0n) is 10.0. The molecule has 1 rings (SSSR count). The van der Waals surface area contributed by atoms with Crippen LogP contribution in [0.25, 0.3) is 0 Å². The molecule has 102 valence electrons. The maximum Gasteiger partial charge on any atom is 0.252 e. The van der Waals surface area contributed by atoms with Crippen LogP contribution < -0.4 is 5.73 Å². The first kappa shape index (κ1) is 15.0. The van der Waals surface area contributed by atoms with E-state index in [2.05, 4.69) is 0 Å². The predicted molar refractivity (Wildman–Crippen MR) is 65.6 cm³/mol.